The summed E-state index contributed by atoms with van der Waals surface area (Å²) >= 11 is 0. The Kier molecular flexibility index (Phi) is 2.99. The van der Waals surface area contributed by atoms with Crippen LogP contribution in [0.5, 0.6) is 0 Å². The van der Waals surface area contributed by atoms with Crippen LogP contribution >= 0.6 is 0 Å². The maximum absolute atomic E-state index is 5.95. The van der Waals surface area contributed by atoms with Crippen LogP contribution in [0.25, 0.3) is 0 Å². The fourth-order valence-electron chi connectivity index (χ4n) is 1.94. The number of hydrogen-bond acceptors (Lipinski definition) is 1. The quantitative estimate of drug-likeness (QED) is 0.636. The second-order valence-electron chi connectivity index (χ2n) is 6.49. The molecule has 0 aromatic heterocycles. The molecule has 0 spiro atoms. The topological polar surface area (TPSA) is 9.23 Å². The fraction of sp³-hybridized carbons (Fsp3) is 1.00. The number of likely N-dealkylation sites (N-methyl/N-ethyl adjacent to an activating group) is 1. The first-order valence-electron chi connectivity index (χ1n) is 5.62. The standard InChI is InChI=1S/C12H26NO/c1-11(2,3)14-10-12(8-7-9-12)13(4,5)6/h7-10H2,1-6H3/q+1. The summed E-state index contributed by atoms with van der Waals surface area (Å²) in [6.07, 6.45) is 3.99. The van der Waals surface area contributed by atoms with Crippen molar-refractivity contribution in [3.8, 4) is 0 Å². The molecule has 0 radical (unpaired) electrons. The Morgan fingerprint density at radius 3 is 1.86 bits per heavy atom. The van der Waals surface area contributed by atoms with E-state index >= 15 is 0 Å². The minimum atomic E-state index is -0.00222. The van der Waals surface area contributed by atoms with Gasteiger partial charge in [0.05, 0.1) is 26.7 Å². The van der Waals surface area contributed by atoms with E-state index in [1.165, 1.54) is 19.3 Å². The Bertz CT molecular complexity index is 193. The van der Waals surface area contributed by atoms with Crippen molar-refractivity contribution in [1.82, 2.24) is 0 Å². The van der Waals surface area contributed by atoms with Crippen LogP contribution in [0.4, 0.5) is 0 Å². The van der Waals surface area contributed by atoms with Crippen LogP contribution in [0.1, 0.15) is 40.0 Å². The lowest BCUT2D eigenvalue weighted by Crippen LogP contribution is -2.64. The van der Waals surface area contributed by atoms with Gasteiger partial charge in [-0.3, -0.25) is 0 Å². The molecule has 84 valence electrons. The van der Waals surface area contributed by atoms with Gasteiger partial charge in [0.2, 0.25) is 0 Å². The molecule has 1 aliphatic rings. The molecule has 0 aromatic rings. The fourth-order valence-corrected chi connectivity index (χ4v) is 1.94. The Balaban J connectivity index is 2.56. The van der Waals surface area contributed by atoms with Crippen LogP contribution in [-0.4, -0.2) is 43.4 Å². The van der Waals surface area contributed by atoms with Gasteiger partial charge < -0.3 is 9.22 Å². The van der Waals surface area contributed by atoms with Gasteiger partial charge in [-0.1, -0.05) is 0 Å². The van der Waals surface area contributed by atoms with E-state index in [0.29, 0.717) is 5.54 Å². The molecule has 0 aromatic carbocycles. The van der Waals surface area contributed by atoms with E-state index in [4.69, 9.17) is 4.74 Å². The third kappa shape index (κ3) is 2.48. The zero-order valence-corrected chi connectivity index (χ0v) is 10.7. The third-order valence-corrected chi connectivity index (χ3v) is 3.48. The lowest BCUT2D eigenvalue weighted by Gasteiger charge is -2.52. The minimum Gasteiger partial charge on any atom is -0.369 e. The van der Waals surface area contributed by atoms with E-state index in [0.717, 1.165) is 11.1 Å². The number of hydrogen-bond donors (Lipinski definition) is 0. The molecule has 1 aliphatic carbocycles. The Hall–Kier alpha value is -0.0800. The highest BCUT2D eigenvalue weighted by molar-refractivity contribution is 4.90. The average Bonchev–Trinajstić information content (AvgIpc) is 1.77. The molecule has 0 aliphatic heterocycles. The SMILES string of the molecule is CC(C)(C)OCC1([N+](C)(C)C)CCC1. The van der Waals surface area contributed by atoms with Crippen LogP contribution in [0.3, 0.4) is 0 Å². The van der Waals surface area contributed by atoms with Crippen LogP contribution in [0, 0.1) is 0 Å². The third-order valence-electron chi connectivity index (χ3n) is 3.48. The molecule has 0 unspecified atom stereocenters. The molecule has 1 saturated carbocycles. The molecular weight excluding hydrogens is 174 g/mol. The van der Waals surface area contributed by atoms with Crippen LogP contribution in [0.2, 0.25) is 0 Å². The highest BCUT2D eigenvalue weighted by Gasteiger charge is 2.49. The van der Waals surface area contributed by atoms with Crippen molar-refractivity contribution < 1.29 is 9.22 Å². The molecule has 0 heterocycles. The van der Waals surface area contributed by atoms with E-state index in [9.17, 15) is 0 Å². The van der Waals surface area contributed by atoms with E-state index < -0.39 is 0 Å². The maximum Gasteiger partial charge on any atom is 0.122 e. The van der Waals surface area contributed by atoms with Crippen molar-refractivity contribution in [2.75, 3.05) is 27.7 Å². The van der Waals surface area contributed by atoms with Crippen molar-refractivity contribution >= 4 is 0 Å². The van der Waals surface area contributed by atoms with E-state index in [1.807, 2.05) is 0 Å². The molecule has 0 N–H and O–H groups in total. The summed E-state index contributed by atoms with van der Waals surface area (Å²) in [5.74, 6) is 0. The van der Waals surface area contributed by atoms with Crippen molar-refractivity contribution in [3.63, 3.8) is 0 Å². The van der Waals surface area contributed by atoms with E-state index in [2.05, 4.69) is 41.9 Å². The van der Waals surface area contributed by atoms with E-state index in [-0.39, 0.29) is 5.60 Å². The summed E-state index contributed by atoms with van der Waals surface area (Å²) in [5.41, 5.74) is 0.380. The van der Waals surface area contributed by atoms with Gasteiger partial charge in [0.1, 0.15) is 12.1 Å². The van der Waals surface area contributed by atoms with Gasteiger partial charge in [0, 0.05) is 12.8 Å². The maximum atomic E-state index is 5.95. The zero-order valence-electron chi connectivity index (χ0n) is 10.7. The van der Waals surface area contributed by atoms with Crippen molar-refractivity contribution in [2.24, 2.45) is 0 Å². The van der Waals surface area contributed by atoms with Gasteiger partial charge in [-0.05, 0) is 27.2 Å². The second-order valence-corrected chi connectivity index (χ2v) is 6.49. The summed E-state index contributed by atoms with van der Waals surface area (Å²) in [6.45, 7) is 7.30. The van der Waals surface area contributed by atoms with Gasteiger partial charge in [-0.15, -0.1) is 0 Å². The van der Waals surface area contributed by atoms with Crippen molar-refractivity contribution in [2.45, 2.75) is 51.2 Å². The van der Waals surface area contributed by atoms with Crippen LogP contribution in [-0.2, 0) is 4.74 Å². The number of nitrogens with zero attached hydrogens (tertiary/aromatic N) is 1. The first-order chi connectivity index (χ1) is 6.16. The normalized spacial score (nSPS) is 21.9. The summed E-state index contributed by atoms with van der Waals surface area (Å²) in [4.78, 5) is 0. The molecule has 2 nitrogen and oxygen atoms in total. The van der Waals surface area contributed by atoms with Crippen LogP contribution in [0.15, 0.2) is 0 Å². The van der Waals surface area contributed by atoms with Crippen molar-refractivity contribution in [1.29, 1.82) is 0 Å². The van der Waals surface area contributed by atoms with Gasteiger partial charge in [-0.2, -0.15) is 0 Å². The average molecular weight is 200 g/mol. The number of quaternary nitrogens is 1. The molecule has 0 amide bonds. The van der Waals surface area contributed by atoms with E-state index in [1.54, 1.807) is 0 Å². The van der Waals surface area contributed by atoms with Gasteiger partial charge in [0.15, 0.2) is 0 Å². The Morgan fingerprint density at radius 1 is 1.14 bits per heavy atom. The van der Waals surface area contributed by atoms with Crippen LogP contribution < -0.4 is 0 Å². The zero-order chi connectivity index (χ0) is 11.0. The molecule has 0 bridgehead atoms. The molecule has 0 saturated heterocycles. The predicted octanol–water partition coefficient (Wildman–Crippen LogP) is 2.43. The lowest BCUT2D eigenvalue weighted by molar-refractivity contribution is -0.932. The summed E-state index contributed by atoms with van der Waals surface area (Å²) in [7, 11) is 6.85. The largest absolute Gasteiger partial charge is 0.369 e. The molecule has 2 heteroatoms. The van der Waals surface area contributed by atoms with Gasteiger partial charge in [0.25, 0.3) is 0 Å². The first kappa shape index (κ1) is 12.0. The molecule has 14 heavy (non-hydrogen) atoms. The summed E-state index contributed by atoms with van der Waals surface area (Å²) in [5, 5.41) is 0. The number of rotatable bonds is 3. The predicted molar refractivity (Wildman–Crippen MR) is 60.3 cm³/mol. The minimum absolute atomic E-state index is 0.00222. The first-order valence-corrected chi connectivity index (χ1v) is 5.62. The highest BCUT2D eigenvalue weighted by Crippen LogP contribution is 2.40. The monoisotopic (exact) mass is 200 g/mol. The summed E-state index contributed by atoms with van der Waals surface area (Å²) in [6, 6.07) is 0. The Morgan fingerprint density at radius 2 is 1.64 bits per heavy atom. The van der Waals surface area contributed by atoms with Gasteiger partial charge >= 0.3 is 0 Å². The summed E-state index contributed by atoms with van der Waals surface area (Å²) < 4.78 is 6.98. The van der Waals surface area contributed by atoms with Gasteiger partial charge in [-0.25, -0.2) is 0 Å². The number of ether oxygens (including phenoxy) is 1. The lowest BCUT2D eigenvalue weighted by atomic mass is 9.75. The highest BCUT2D eigenvalue weighted by atomic mass is 16.5. The molecule has 1 rings (SSSR count). The molecule has 0 atom stereocenters. The molecular formula is C12H26NO+. The second kappa shape index (κ2) is 3.49. The van der Waals surface area contributed by atoms with Crippen molar-refractivity contribution in [3.05, 3.63) is 0 Å². The molecule has 1 fully saturated rings. The smallest absolute Gasteiger partial charge is 0.122 e. The Labute approximate surface area is 88.8 Å².